The number of benzene rings is 1. The standard InChI is InChI=1S/C19H26FN3O3S/c1-22(14-17-8-5-6-10-26-17)13-16-11-21-19(27(2,24)25)23(16)12-15-7-3-4-9-18(15)20/h3-4,7,9,11,17H,5-6,8,10,12-14H2,1-2H3/t17-/m1/s1. The lowest BCUT2D eigenvalue weighted by atomic mass is 10.1. The van der Waals surface area contributed by atoms with E-state index in [4.69, 9.17) is 4.74 Å². The van der Waals surface area contributed by atoms with Crippen LogP contribution < -0.4 is 0 Å². The van der Waals surface area contributed by atoms with Crippen molar-refractivity contribution in [1.82, 2.24) is 14.5 Å². The summed E-state index contributed by atoms with van der Waals surface area (Å²) >= 11 is 0. The van der Waals surface area contributed by atoms with Crippen LogP contribution in [-0.4, -0.2) is 55.4 Å². The summed E-state index contributed by atoms with van der Waals surface area (Å²) in [6, 6.07) is 6.38. The van der Waals surface area contributed by atoms with Gasteiger partial charge in [-0.25, -0.2) is 17.8 Å². The van der Waals surface area contributed by atoms with Crippen molar-refractivity contribution in [2.75, 3.05) is 26.5 Å². The molecule has 1 aromatic heterocycles. The maximum absolute atomic E-state index is 14.1. The van der Waals surface area contributed by atoms with Crippen LogP contribution in [0.5, 0.6) is 0 Å². The summed E-state index contributed by atoms with van der Waals surface area (Å²) in [5, 5.41) is -0.0388. The first-order valence-corrected chi connectivity index (χ1v) is 11.0. The van der Waals surface area contributed by atoms with Crippen molar-refractivity contribution < 1.29 is 17.5 Å². The van der Waals surface area contributed by atoms with Gasteiger partial charge in [0.05, 0.1) is 24.5 Å². The Kier molecular flexibility index (Phi) is 6.29. The molecule has 1 aliphatic heterocycles. The molecule has 0 spiro atoms. The van der Waals surface area contributed by atoms with Gasteiger partial charge in [-0.15, -0.1) is 0 Å². The first-order chi connectivity index (χ1) is 12.8. The second-order valence-electron chi connectivity index (χ2n) is 7.17. The maximum atomic E-state index is 14.1. The van der Waals surface area contributed by atoms with Crippen LogP contribution in [0.15, 0.2) is 35.6 Å². The summed E-state index contributed by atoms with van der Waals surface area (Å²) in [5.74, 6) is -0.361. The lowest BCUT2D eigenvalue weighted by molar-refractivity contribution is -0.00289. The maximum Gasteiger partial charge on any atom is 0.227 e. The summed E-state index contributed by atoms with van der Waals surface area (Å²) in [6.45, 7) is 2.19. The number of likely N-dealkylation sites (N-methyl/N-ethyl adjacent to an activating group) is 1. The molecule has 27 heavy (non-hydrogen) atoms. The summed E-state index contributed by atoms with van der Waals surface area (Å²) in [6.07, 6.45) is 6.19. The van der Waals surface area contributed by atoms with E-state index in [-0.39, 0.29) is 23.6 Å². The minimum Gasteiger partial charge on any atom is -0.377 e. The van der Waals surface area contributed by atoms with Crippen molar-refractivity contribution in [3.63, 3.8) is 0 Å². The number of aromatic nitrogens is 2. The zero-order valence-corrected chi connectivity index (χ0v) is 16.6. The molecule has 0 N–H and O–H groups in total. The predicted octanol–water partition coefficient (Wildman–Crippen LogP) is 2.47. The molecule has 2 heterocycles. The van der Waals surface area contributed by atoms with Gasteiger partial charge < -0.3 is 9.30 Å². The van der Waals surface area contributed by atoms with Crippen molar-refractivity contribution in [1.29, 1.82) is 0 Å². The quantitative estimate of drug-likeness (QED) is 0.721. The van der Waals surface area contributed by atoms with Crippen LogP contribution in [0.1, 0.15) is 30.5 Å². The van der Waals surface area contributed by atoms with E-state index in [0.29, 0.717) is 12.1 Å². The molecular weight excluding hydrogens is 369 g/mol. The number of hydrogen-bond donors (Lipinski definition) is 0. The van der Waals surface area contributed by atoms with E-state index in [0.717, 1.165) is 37.9 Å². The molecule has 0 amide bonds. The molecule has 1 fully saturated rings. The molecule has 0 unspecified atom stereocenters. The molecule has 1 aromatic carbocycles. The second kappa shape index (κ2) is 8.50. The molecule has 0 radical (unpaired) electrons. The van der Waals surface area contributed by atoms with Crippen LogP contribution in [0.2, 0.25) is 0 Å². The topological polar surface area (TPSA) is 64.4 Å². The molecule has 1 atom stereocenters. The first-order valence-electron chi connectivity index (χ1n) is 9.12. The van der Waals surface area contributed by atoms with Gasteiger partial charge in [0.25, 0.3) is 0 Å². The minimum atomic E-state index is -3.52. The molecule has 6 nitrogen and oxygen atoms in total. The van der Waals surface area contributed by atoms with Crippen molar-refractivity contribution >= 4 is 9.84 Å². The molecule has 0 aliphatic carbocycles. The van der Waals surface area contributed by atoms with E-state index in [9.17, 15) is 12.8 Å². The van der Waals surface area contributed by atoms with Gasteiger partial charge in [-0.3, -0.25) is 4.90 Å². The summed E-state index contributed by atoms with van der Waals surface area (Å²) in [4.78, 5) is 6.20. The van der Waals surface area contributed by atoms with Gasteiger partial charge in [0.1, 0.15) is 5.82 Å². The molecule has 148 valence electrons. The van der Waals surface area contributed by atoms with Crippen LogP contribution in [0.3, 0.4) is 0 Å². The van der Waals surface area contributed by atoms with Gasteiger partial charge in [-0.2, -0.15) is 0 Å². The van der Waals surface area contributed by atoms with Gasteiger partial charge >= 0.3 is 0 Å². The fraction of sp³-hybridized carbons (Fsp3) is 0.526. The lowest BCUT2D eigenvalue weighted by Crippen LogP contribution is -2.33. The van der Waals surface area contributed by atoms with Crippen LogP contribution >= 0.6 is 0 Å². The summed E-state index contributed by atoms with van der Waals surface area (Å²) < 4.78 is 45.7. The highest BCUT2D eigenvalue weighted by atomic mass is 32.2. The highest BCUT2D eigenvalue weighted by Gasteiger charge is 2.22. The van der Waals surface area contributed by atoms with E-state index in [1.165, 1.54) is 12.5 Å². The third-order valence-electron chi connectivity index (χ3n) is 4.74. The number of hydrogen-bond acceptors (Lipinski definition) is 5. The van der Waals surface area contributed by atoms with Crippen molar-refractivity contribution in [2.24, 2.45) is 0 Å². The smallest absolute Gasteiger partial charge is 0.227 e. The number of nitrogens with zero attached hydrogens (tertiary/aromatic N) is 3. The van der Waals surface area contributed by atoms with E-state index in [1.54, 1.807) is 29.0 Å². The van der Waals surface area contributed by atoms with Gasteiger partial charge in [0.2, 0.25) is 15.0 Å². The van der Waals surface area contributed by atoms with E-state index in [1.807, 2.05) is 7.05 Å². The number of rotatable bonds is 7. The van der Waals surface area contributed by atoms with Gasteiger partial charge in [-0.1, -0.05) is 18.2 Å². The summed E-state index contributed by atoms with van der Waals surface area (Å²) in [7, 11) is -1.55. The largest absolute Gasteiger partial charge is 0.377 e. The van der Waals surface area contributed by atoms with E-state index in [2.05, 4.69) is 9.88 Å². The average Bonchev–Trinajstić information content (AvgIpc) is 3.00. The Hall–Kier alpha value is -1.77. The number of halogens is 1. The zero-order valence-electron chi connectivity index (χ0n) is 15.8. The summed E-state index contributed by atoms with van der Waals surface area (Å²) in [5.41, 5.74) is 1.16. The van der Waals surface area contributed by atoms with Crippen LogP contribution in [-0.2, 0) is 27.7 Å². The van der Waals surface area contributed by atoms with E-state index >= 15 is 0 Å². The number of sulfone groups is 1. The Labute approximate surface area is 159 Å². The molecular formula is C19H26FN3O3S. The Balaban J connectivity index is 1.82. The molecule has 1 aliphatic rings. The van der Waals surface area contributed by atoms with Gasteiger partial charge in [-0.05, 0) is 32.4 Å². The van der Waals surface area contributed by atoms with Crippen molar-refractivity contribution in [2.45, 2.75) is 43.6 Å². The predicted molar refractivity (Wildman–Crippen MR) is 101 cm³/mol. The van der Waals surface area contributed by atoms with Crippen LogP contribution in [0.4, 0.5) is 4.39 Å². The monoisotopic (exact) mass is 395 g/mol. The second-order valence-corrected chi connectivity index (χ2v) is 9.08. The van der Waals surface area contributed by atoms with Crippen molar-refractivity contribution in [3.8, 4) is 0 Å². The molecule has 1 saturated heterocycles. The molecule has 0 saturated carbocycles. The highest BCUT2D eigenvalue weighted by molar-refractivity contribution is 7.90. The van der Waals surface area contributed by atoms with Crippen LogP contribution in [0, 0.1) is 5.82 Å². The minimum absolute atomic E-state index is 0.0388. The Morgan fingerprint density at radius 1 is 1.33 bits per heavy atom. The SMILES string of the molecule is CN(Cc1cnc(S(C)(=O)=O)n1Cc1ccccc1F)C[C@H]1CCCCO1. The first kappa shape index (κ1) is 20.0. The Morgan fingerprint density at radius 2 is 2.11 bits per heavy atom. The normalized spacial score (nSPS) is 18.1. The van der Waals surface area contributed by atoms with Crippen LogP contribution in [0.25, 0.3) is 0 Å². The third kappa shape index (κ3) is 5.15. The van der Waals surface area contributed by atoms with Crippen molar-refractivity contribution in [3.05, 3.63) is 47.5 Å². The Bertz CT molecular complexity index is 876. The molecule has 3 rings (SSSR count). The number of imidazole rings is 1. The highest BCUT2D eigenvalue weighted by Crippen LogP contribution is 2.19. The fourth-order valence-corrected chi connectivity index (χ4v) is 4.25. The number of ether oxygens (including phenoxy) is 1. The fourth-order valence-electron chi connectivity index (χ4n) is 3.42. The molecule has 0 bridgehead atoms. The molecule has 8 heteroatoms. The average molecular weight is 396 g/mol. The van der Waals surface area contributed by atoms with E-state index < -0.39 is 9.84 Å². The van der Waals surface area contributed by atoms with Gasteiger partial charge in [0, 0.05) is 31.5 Å². The Morgan fingerprint density at radius 3 is 2.78 bits per heavy atom. The zero-order chi connectivity index (χ0) is 19.4. The van der Waals surface area contributed by atoms with Gasteiger partial charge in [0.15, 0.2) is 0 Å². The molecule has 2 aromatic rings. The lowest BCUT2D eigenvalue weighted by Gasteiger charge is -2.27. The third-order valence-corrected chi connectivity index (χ3v) is 5.73.